The number of hydrogen-bond donors (Lipinski definition) is 2. The summed E-state index contributed by atoms with van der Waals surface area (Å²) in [7, 11) is -3.42. The molecule has 3 N–H and O–H groups in total. The number of carbonyl (C=O) groups excluding carboxylic acids is 1. The molecule has 0 radical (unpaired) electrons. The molecule has 0 saturated heterocycles. The van der Waals surface area contributed by atoms with Crippen LogP contribution in [0.4, 0.5) is 5.69 Å². The van der Waals surface area contributed by atoms with E-state index in [4.69, 9.17) is 5.84 Å². The number of nitrogen functional groups attached to an aromatic ring is 1. The molecule has 8 nitrogen and oxygen atoms in total. The van der Waals surface area contributed by atoms with E-state index in [0.29, 0.717) is 11.1 Å². The standard InChI is InChI=1S/C14H17N5O3S2/c1-24(21,22)11-5-3-2-4-10(11)16-12(20)8-23-14-18-17-13(19(14)15)9-6-7-9/h2-5,9H,6-8,15H2,1H3,(H,16,20). The van der Waals surface area contributed by atoms with Crippen LogP contribution in [-0.2, 0) is 14.6 Å². The SMILES string of the molecule is CS(=O)(=O)c1ccccc1NC(=O)CSc1nnc(C2CC2)n1N. The quantitative estimate of drug-likeness (QED) is 0.577. The van der Waals surface area contributed by atoms with E-state index in [1.54, 1.807) is 18.2 Å². The highest BCUT2D eigenvalue weighted by Gasteiger charge is 2.30. The summed E-state index contributed by atoms with van der Waals surface area (Å²) in [5.74, 6) is 6.74. The van der Waals surface area contributed by atoms with Crippen molar-refractivity contribution < 1.29 is 13.2 Å². The zero-order valence-corrected chi connectivity index (χ0v) is 14.6. The number of anilines is 1. The van der Waals surface area contributed by atoms with Crippen molar-refractivity contribution in [1.82, 2.24) is 14.9 Å². The Morgan fingerprint density at radius 3 is 2.75 bits per heavy atom. The Labute approximate surface area is 143 Å². The molecule has 1 aromatic heterocycles. The van der Waals surface area contributed by atoms with Crippen LogP contribution >= 0.6 is 11.8 Å². The molecule has 3 rings (SSSR count). The van der Waals surface area contributed by atoms with Crippen molar-refractivity contribution in [1.29, 1.82) is 0 Å². The second-order valence-corrected chi connectivity index (χ2v) is 8.52. The van der Waals surface area contributed by atoms with E-state index in [0.717, 1.165) is 36.7 Å². The number of sulfone groups is 1. The smallest absolute Gasteiger partial charge is 0.234 e. The van der Waals surface area contributed by atoms with Crippen molar-refractivity contribution in [2.45, 2.75) is 28.8 Å². The van der Waals surface area contributed by atoms with E-state index in [2.05, 4.69) is 15.5 Å². The van der Waals surface area contributed by atoms with Gasteiger partial charge in [-0.1, -0.05) is 23.9 Å². The zero-order valence-electron chi connectivity index (χ0n) is 13.0. The van der Waals surface area contributed by atoms with Crippen LogP contribution < -0.4 is 11.2 Å². The number of aromatic nitrogens is 3. The van der Waals surface area contributed by atoms with Gasteiger partial charge in [0.1, 0.15) is 0 Å². The molecule has 1 aromatic carbocycles. The van der Waals surface area contributed by atoms with Gasteiger partial charge in [0.05, 0.1) is 16.3 Å². The van der Waals surface area contributed by atoms with Crippen molar-refractivity contribution >= 4 is 33.2 Å². The number of hydrogen-bond acceptors (Lipinski definition) is 7. The number of nitrogens with zero attached hydrogens (tertiary/aromatic N) is 3. The van der Waals surface area contributed by atoms with Gasteiger partial charge in [-0.2, -0.15) is 0 Å². The van der Waals surface area contributed by atoms with Gasteiger partial charge in [-0.25, -0.2) is 13.1 Å². The summed E-state index contributed by atoms with van der Waals surface area (Å²) in [6.07, 6.45) is 3.22. The van der Waals surface area contributed by atoms with E-state index in [9.17, 15) is 13.2 Å². The van der Waals surface area contributed by atoms with Gasteiger partial charge in [-0.3, -0.25) is 4.79 Å². The third-order valence-electron chi connectivity index (χ3n) is 3.53. The maximum absolute atomic E-state index is 12.1. The predicted octanol–water partition coefficient (Wildman–Crippen LogP) is 1.00. The third-order valence-corrected chi connectivity index (χ3v) is 5.62. The van der Waals surface area contributed by atoms with Gasteiger partial charge in [0.15, 0.2) is 15.7 Å². The third kappa shape index (κ3) is 3.70. The molecule has 128 valence electrons. The van der Waals surface area contributed by atoms with Crippen LogP contribution in [0.5, 0.6) is 0 Å². The first-order chi connectivity index (χ1) is 11.4. The Morgan fingerprint density at radius 1 is 1.38 bits per heavy atom. The molecule has 0 atom stereocenters. The van der Waals surface area contributed by atoms with Gasteiger partial charge in [-0.05, 0) is 25.0 Å². The van der Waals surface area contributed by atoms with Crippen molar-refractivity contribution in [3.8, 4) is 0 Å². The van der Waals surface area contributed by atoms with E-state index < -0.39 is 9.84 Å². The fraction of sp³-hybridized carbons (Fsp3) is 0.357. The van der Waals surface area contributed by atoms with Crippen LogP contribution in [0, 0.1) is 0 Å². The first kappa shape index (κ1) is 16.8. The fourth-order valence-corrected chi connectivity index (χ4v) is 3.72. The van der Waals surface area contributed by atoms with Crippen LogP contribution in [-0.4, -0.2) is 41.2 Å². The van der Waals surface area contributed by atoms with Crippen LogP contribution in [0.2, 0.25) is 0 Å². The number of carbonyl (C=O) groups is 1. The number of benzene rings is 1. The number of rotatable bonds is 6. The van der Waals surface area contributed by atoms with E-state index in [-0.39, 0.29) is 22.2 Å². The van der Waals surface area contributed by atoms with Gasteiger partial charge in [-0.15, -0.1) is 10.2 Å². The Morgan fingerprint density at radius 2 is 2.08 bits per heavy atom. The molecule has 0 unspecified atom stereocenters. The molecular weight excluding hydrogens is 350 g/mol. The lowest BCUT2D eigenvalue weighted by atomic mass is 10.3. The summed E-state index contributed by atoms with van der Waals surface area (Å²) >= 11 is 1.16. The molecule has 1 amide bonds. The summed E-state index contributed by atoms with van der Waals surface area (Å²) in [4.78, 5) is 12.2. The van der Waals surface area contributed by atoms with Gasteiger partial charge in [0.25, 0.3) is 0 Å². The average Bonchev–Trinajstić information content (AvgIpc) is 3.29. The largest absolute Gasteiger partial charge is 0.336 e. The molecule has 1 saturated carbocycles. The second kappa shape index (κ2) is 6.44. The van der Waals surface area contributed by atoms with Crippen molar-refractivity contribution in [2.24, 2.45) is 0 Å². The number of amides is 1. The monoisotopic (exact) mass is 367 g/mol. The summed E-state index contributed by atoms with van der Waals surface area (Å²) in [5.41, 5.74) is 0.262. The van der Waals surface area contributed by atoms with E-state index in [1.807, 2.05) is 0 Å². The van der Waals surface area contributed by atoms with Gasteiger partial charge in [0, 0.05) is 12.2 Å². The molecule has 10 heteroatoms. The van der Waals surface area contributed by atoms with Gasteiger partial charge < -0.3 is 11.2 Å². The minimum absolute atomic E-state index is 0.0537. The maximum Gasteiger partial charge on any atom is 0.234 e. The molecule has 2 aromatic rings. The van der Waals surface area contributed by atoms with Crippen molar-refractivity contribution in [2.75, 3.05) is 23.2 Å². The van der Waals surface area contributed by atoms with E-state index >= 15 is 0 Å². The highest BCUT2D eigenvalue weighted by atomic mass is 32.2. The lowest BCUT2D eigenvalue weighted by Gasteiger charge is -2.09. The topological polar surface area (TPSA) is 120 Å². The van der Waals surface area contributed by atoms with Gasteiger partial charge in [0.2, 0.25) is 11.1 Å². The fourth-order valence-electron chi connectivity index (χ4n) is 2.22. The van der Waals surface area contributed by atoms with Crippen molar-refractivity contribution in [3.63, 3.8) is 0 Å². The van der Waals surface area contributed by atoms with Crippen LogP contribution in [0.3, 0.4) is 0 Å². The predicted molar refractivity (Wildman–Crippen MR) is 91.1 cm³/mol. The number of nitrogens with one attached hydrogen (secondary N) is 1. The molecule has 24 heavy (non-hydrogen) atoms. The Kier molecular flexibility index (Phi) is 4.50. The highest BCUT2D eigenvalue weighted by Crippen LogP contribution is 2.39. The Bertz CT molecular complexity index is 874. The second-order valence-electron chi connectivity index (χ2n) is 5.59. The molecule has 1 aliphatic rings. The molecule has 0 aliphatic heterocycles. The highest BCUT2D eigenvalue weighted by molar-refractivity contribution is 7.99. The summed E-state index contributed by atoms with van der Waals surface area (Å²) < 4.78 is 24.9. The molecular formula is C14H17N5O3S2. The van der Waals surface area contributed by atoms with Crippen LogP contribution in [0.1, 0.15) is 24.6 Å². The Balaban J connectivity index is 1.65. The molecule has 1 heterocycles. The summed E-state index contributed by atoms with van der Waals surface area (Å²) in [6.45, 7) is 0. The molecule has 0 bridgehead atoms. The molecule has 1 aliphatic carbocycles. The Hall–Kier alpha value is -2.07. The van der Waals surface area contributed by atoms with Crippen LogP contribution in [0.15, 0.2) is 34.3 Å². The van der Waals surface area contributed by atoms with Gasteiger partial charge >= 0.3 is 0 Å². The normalized spacial score (nSPS) is 14.5. The minimum Gasteiger partial charge on any atom is -0.336 e. The van der Waals surface area contributed by atoms with Crippen molar-refractivity contribution in [3.05, 3.63) is 30.1 Å². The number of nitrogens with two attached hydrogens (primary N) is 1. The molecule has 1 fully saturated rings. The van der Waals surface area contributed by atoms with Crippen LogP contribution in [0.25, 0.3) is 0 Å². The first-order valence-electron chi connectivity index (χ1n) is 7.28. The lowest BCUT2D eigenvalue weighted by Crippen LogP contribution is -2.18. The molecule has 0 spiro atoms. The number of para-hydroxylation sites is 1. The first-order valence-corrected chi connectivity index (χ1v) is 10.2. The zero-order chi connectivity index (χ0) is 17.3. The average molecular weight is 367 g/mol. The summed E-state index contributed by atoms with van der Waals surface area (Å²) in [6, 6.07) is 6.28. The number of thioether (sulfide) groups is 1. The maximum atomic E-state index is 12.1. The lowest BCUT2D eigenvalue weighted by molar-refractivity contribution is -0.113. The minimum atomic E-state index is -3.42. The van der Waals surface area contributed by atoms with E-state index in [1.165, 1.54) is 10.7 Å². The summed E-state index contributed by atoms with van der Waals surface area (Å²) in [5, 5.41) is 11.1.